The highest BCUT2D eigenvalue weighted by molar-refractivity contribution is 5.79. The fourth-order valence-corrected chi connectivity index (χ4v) is 2.94. The molecule has 0 saturated heterocycles. The van der Waals surface area contributed by atoms with Gasteiger partial charge in [-0.05, 0) is 45.2 Å². The summed E-state index contributed by atoms with van der Waals surface area (Å²) in [5.41, 5.74) is 0.567. The summed E-state index contributed by atoms with van der Waals surface area (Å²) in [6.45, 7) is 6.13. The van der Waals surface area contributed by atoms with Crippen LogP contribution in [0.2, 0.25) is 0 Å². The Balaban J connectivity index is 1.92. The molecular formula is C22H33F2N5O2. The Labute approximate surface area is 182 Å². The Kier molecular flexibility index (Phi) is 10.6. The van der Waals surface area contributed by atoms with E-state index >= 15 is 0 Å². The van der Waals surface area contributed by atoms with Crippen LogP contribution in [0.4, 0.5) is 8.78 Å². The molecule has 0 saturated carbocycles. The van der Waals surface area contributed by atoms with Gasteiger partial charge in [0.2, 0.25) is 0 Å². The zero-order valence-electron chi connectivity index (χ0n) is 18.5. The molecule has 2 rings (SSSR count). The van der Waals surface area contributed by atoms with Crippen LogP contribution in [-0.4, -0.2) is 41.8 Å². The molecule has 2 N–H and O–H groups in total. The summed E-state index contributed by atoms with van der Waals surface area (Å²) in [6, 6.07) is 4.95. The summed E-state index contributed by atoms with van der Waals surface area (Å²) in [4.78, 5) is 8.74. The third-order valence-electron chi connectivity index (χ3n) is 4.52. The van der Waals surface area contributed by atoms with Crippen molar-refractivity contribution in [2.45, 2.75) is 59.7 Å². The molecule has 0 unspecified atom stereocenters. The maximum absolute atomic E-state index is 12.8. The van der Waals surface area contributed by atoms with Gasteiger partial charge in [-0.3, -0.25) is 0 Å². The second kappa shape index (κ2) is 13.5. The number of aromatic nitrogens is 2. The van der Waals surface area contributed by atoms with Crippen molar-refractivity contribution in [3.8, 4) is 11.5 Å². The summed E-state index contributed by atoms with van der Waals surface area (Å²) in [5, 5.41) is 6.46. The van der Waals surface area contributed by atoms with Gasteiger partial charge in [0, 0.05) is 43.7 Å². The highest BCUT2D eigenvalue weighted by Gasteiger charge is 2.12. The van der Waals surface area contributed by atoms with Gasteiger partial charge in [0.05, 0.1) is 13.2 Å². The number of benzene rings is 1. The topological polar surface area (TPSA) is 72.7 Å². The molecule has 31 heavy (non-hydrogen) atoms. The predicted molar refractivity (Wildman–Crippen MR) is 118 cm³/mol. The molecule has 0 radical (unpaired) electrons. The lowest BCUT2D eigenvalue weighted by molar-refractivity contribution is -0.0505. The maximum atomic E-state index is 12.8. The van der Waals surface area contributed by atoms with Crippen LogP contribution in [0.5, 0.6) is 11.5 Å². The number of guanidine groups is 1. The molecule has 1 aromatic heterocycles. The molecule has 172 valence electrons. The number of unbranched alkanes of at least 4 members (excludes halogenated alkanes) is 1. The van der Waals surface area contributed by atoms with E-state index in [1.807, 2.05) is 27.0 Å². The van der Waals surface area contributed by atoms with Crippen LogP contribution in [0.25, 0.3) is 0 Å². The number of rotatable bonds is 13. The lowest BCUT2D eigenvalue weighted by Gasteiger charge is -2.14. The second-order valence-corrected chi connectivity index (χ2v) is 6.99. The predicted octanol–water partition coefficient (Wildman–Crippen LogP) is 4.12. The second-order valence-electron chi connectivity index (χ2n) is 6.99. The molecule has 9 heteroatoms. The lowest BCUT2D eigenvalue weighted by atomic mass is 10.2. The summed E-state index contributed by atoms with van der Waals surface area (Å²) in [7, 11) is 0. The summed E-state index contributed by atoms with van der Waals surface area (Å²) in [5.74, 6) is 2.23. The monoisotopic (exact) mass is 437 g/mol. The van der Waals surface area contributed by atoms with E-state index in [1.54, 1.807) is 18.3 Å². The third-order valence-corrected chi connectivity index (χ3v) is 4.52. The van der Waals surface area contributed by atoms with E-state index in [4.69, 9.17) is 4.74 Å². The number of nitrogens with zero attached hydrogens (tertiary/aromatic N) is 3. The van der Waals surface area contributed by atoms with Gasteiger partial charge in [-0.1, -0.05) is 6.92 Å². The van der Waals surface area contributed by atoms with Crippen LogP contribution in [0.15, 0.2) is 35.6 Å². The number of halogens is 2. The minimum Gasteiger partial charge on any atom is -0.493 e. The van der Waals surface area contributed by atoms with Crippen molar-refractivity contribution in [2.24, 2.45) is 4.99 Å². The number of ether oxygens (including phenoxy) is 2. The molecule has 0 aliphatic heterocycles. The molecule has 2 aromatic rings. The summed E-state index contributed by atoms with van der Waals surface area (Å²) < 4.78 is 38.0. The van der Waals surface area contributed by atoms with Crippen LogP contribution in [0, 0.1) is 6.92 Å². The fourth-order valence-electron chi connectivity index (χ4n) is 2.94. The molecule has 0 aliphatic carbocycles. The number of aryl methyl sites for hydroxylation is 2. The van der Waals surface area contributed by atoms with E-state index in [1.165, 1.54) is 6.07 Å². The smallest absolute Gasteiger partial charge is 0.387 e. The fraction of sp³-hybridized carbons (Fsp3) is 0.545. The van der Waals surface area contributed by atoms with Crippen molar-refractivity contribution in [2.75, 3.05) is 19.7 Å². The minimum atomic E-state index is -2.91. The molecule has 0 aliphatic rings. The van der Waals surface area contributed by atoms with E-state index < -0.39 is 6.61 Å². The van der Waals surface area contributed by atoms with Crippen LogP contribution >= 0.6 is 0 Å². The normalized spacial score (nSPS) is 11.6. The van der Waals surface area contributed by atoms with E-state index in [9.17, 15) is 8.78 Å². The average Bonchev–Trinajstić information content (AvgIpc) is 3.15. The number of nitrogens with one attached hydrogen (secondary N) is 2. The Morgan fingerprint density at radius 3 is 2.74 bits per heavy atom. The van der Waals surface area contributed by atoms with E-state index in [-0.39, 0.29) is 12.3 Å². The zero-order valence-corrected chi connectivity index (χ0v) is 18.5. The summed E-state index contributed by atoms with van der Waals surface area (Å²) >= 11 is 0. The van der Waals surface area contributed by atoms with E-state index in [0.717, 1.165) is 38.2 Å². The first-order chi connectivity index (χ1) is 15.0. The number of imidazole rings is 1. The van der Waals surface area contributed by atoms with Gasteiger partial charge in [0.25, 0.3) is 0 Å². The molecule has 7 nitrogen and oxygen atoms in total. The number of hydrogen-bond acceptors (Lipinski definition) is 4. The average molecular weight is 438 g/mol. The summed E-state index contributed by atoms with van der Waals surface area (Å²) in [6.07, 6.45) is 6.58. The third kappa shape index (κ3) is 8.82. The first-order valence-electron chi connectivity index (χ1n) is 10.7. The molecule has 0 atom stereocenters. The van der Waals surface area contributed by atoms with Crippen LogP contribution < -0.4 is 20.1 Å². The Morgan fingerprint density at radius 1 is 1.23 bits per heavy atom. The van der Waals surface area contributed by atoms with Gasteiger partial charge >= 0.3 is 6.61 Å². The number of hydrogen-bond donors (Lipinski definition) is 2. The highest BCUT2D eigenvalue weighted by Crippen LogP contribution is 2.27. The molecular weight excluding hydrogens is 404 g/mol. The molecule has 0 spiro atoms. The Hall–Kier alpha value is -2.84. The van der Waals surface area contributed by atoms with Crippen LogP contribution in [0.1, 0.15) is 44.5 Å². The quantitative estimate of drug-likeness (QED) is 0.280. The van der Waals surface area contributed by atoms with Crippen LogP contribution in [-0.2, 0) is 13.1 Å². The van der Waals surface area contributed by atoms with Crippen molar-refractivity contribution in [1.29, 1.82) is 0 Å². The Bertz CT molecular complexity index is 811. The Morgan fingerprint density at radius 2 is 2.06 bits per heavy atom. The lowest BCUT2D eigenvalue weighted by Crippen LogP contribution is -2.37. The molecule has 0 bridgehead atoms. The standard InChI is InChI=1S/C22H33F2N5O2/c1-4-14-30-19-9-8-18(20(15-19)31-21(23)24)16-28-22(25-5-2)27-10-6-7-12-29-13-11-26-17(29)3/h8-9,11,13,15,21H,4-7,10,12,14,16H2,1-3H3,(H2,25,27,28). The van der Waals surface area contributed by atoms with E-state index in [2.05, 4.69) is 29.9 Å². The molecule has 1 heterocycles. The van der Waals surface area contributed by atoms with Gasteiger partial charge < -0.3 is 24.7 Å². The zero-order chi connectivity index (χ0) is 22.5. The van der Waals surface area contributed by atoms with Crippen molar-refractivity contribution in [3.05, 3.63) is 42.0 Å². The number of alkyl halides is 2. The molecule has 0 fully saturated rings. The molecule has 1 aromatic carbocycles. The highest BCUT2D eigenvalue weighted by atomic mass is 19.3. The van der Waals surface area contributed by atoms with Gasteiger partial charge in [-0.2, -0.15) is 8.78 Å². The first kappa shape index (κ1) is 24.4. The molecule has 0 amide bonds. The van der Waals surface area contributed by atoms with Gasteiger partial charge in [0.1, 0.15) is 17.3 Å². The van der Waals surface area contributed by atoms with Crippen molar-refractivity contribution >= 4 is 5.96 Å². The van der Waals surface area contributed by atoms with Crippen LogP contribution in [0.3, 0.4) is 0 Å². The van der Waals surface area contributed by atoms with E-state index in [0.29, 0.717) is 30.4 Å². The van der Waals surface area contributed by atoms with Gasteiger partial charge in [-0.15, -0.1) is 0 Å². The van der Waals surface area contributed by atoms with Gasteiger partial charge in [0.15, 0.2) is 5.96 Å². The largest absolute Gasteiger partial charge is 0.493 e. The van der Waals surface area contributed by atoms with Gasteiger partial charge in [-0.25, -0.2) is 9.98 Å². The van der Waals surface area contributed by atoms with Crippen molar-refractivity contribution in [1.82, 2.24) is 20.2 Å². The maximum Gasteiger partial charge on any atom is 0.387 e. The first-order valence-corrected chi connectivity index (χ1v) is 10.7. The number of aliphatic imine (C=N–C) groups is 1. The minimum absolute atomic E-state index is 0.0823. The van der Waals surface area contributed by atoms with Crippen molar-refractivity contribution < 1.29 is 18.3 Å². The van der Waals surface area contributed by atoms with Crippen molar-refractivity contribution in [3.63, 3.8) is 0 Å². The SMILES string of the molecule is CCCOc1ccc(CN=C(NCC)NCCCCn2ccnc2C)c(OC(F)F)c1.